The van der Waals surface area contributed by atoms with E-state index in [0.29, 0.717) is 28.6 Å². The molecule has 0 radical (unpaired) electrons. The van der Waals surface area contributed by atoms with Gasteiger partial charge in [-0.3, -0.25) is 19.0 Å². The van der Waals surface area contributed by atoms with E-state index >= 15 is 0 Å². The van der Waals surface area contributed by atoms with E-state index in [2.05, 4.69) is 26.8 Å². The van der Waals surface area contributed by atoms with E-state index in [-0.39, 0.29) is 17.3 Å². The fourth-order valence-electron chi connectivity index (χ4n) is 5.29. The van der Waals surface area contributed by atoms with Crippen LogP contribution >= 0.6 is 10.8 Å². The summed E-state index contributed by atoms with van der Waals surface area (Å²) in [6.07, 6.45) is 8.51. The van der Waals surface area contributed by atoms with E-state index < -0.39 is 10.8 Å². The molecule has 2 atom stereocenters. The minimum Gasteiger partial charge on any atom is -0.507 e. The number of hydrogen-bond donors (Lipinski definition) is 3. The second kappa shape index (κ2) is 8.28. The lowest BCUT2D eigenvalue weighted by Crippen LogP contribution is -2.55. The van der Waals surface area contributed by atoms with Crippen LogP contribution in [-0.2, 0) is 6.54 Å². The molecular weight excluding hydrogens is 442 g/mol. The predicted molar refractivity (Wildman–Crippen MR) is 127 cm³/mol. The third-order valence-corrected chi connectivity index (χ3v) is 8.84. The molecule has 0 amide bonds. The second-order valence-electron chi connectivity index (χ2n) is 9.05. The number of benzene rings is 1. The van der Waals surface area contributed by atoms with Crippen LogP contribution in [0.15, 0.2) is 47.6 Å². The van der Waals surface area contributed by atoms with Crippen molar-refractivity contribution in [1.82, 2.24) is 19.9 Å². The first-order valence-corrected chi connectivity index (χ1v) is 12.8. The molecule has 2 saturated heterocycles. The molecular formula is C23H29N5O4S. The lowest BCUT2D eigenvalue weighted by molar-refractivity contribution is 0.102. The largest absolute Gasteiger partial charge is 0.507 e. The molecule has 4 heterocycles. The highest BCUT2D eigenvalue weighted by molar-refractivity contribution is 8.25. The summed E-state index contributed by atoms with van der Waals surface area (Å²) in [5.74, 6) is 1.73. The summed E-state index contributed by atoms with van der Waals surface area (Å²) in [5.41, 5.74) is 2.05. The maximum absolute atomic E-state index is 10.8. The van der Waals surface area contributed by atoms with E-state index in [1.165, 1.54) is 6.39 Å². The quantitative estimate of drug-likeness (QED) is 0.507. The average Bonchev–Trinajstić information content (AvgIpc) is 3.32. The summed E-state index contributed by atoms with van der Waals surface area (Å²) in [5, 5.41) is 10.4. The van der Waals surface area contributed by atoms with E-state index in [0.717, 1.165) is 37.9 Å². The highest BCUT2D eigenvalue weighted by Crippen LogP contribution is 2.60. The normalized spacial score (nSPS) is 26.1. The third-order valence-electron chi connectivity index (χ3n) is 6.93. The Balaban J connectivity index is 1.36. The zero-order chi connectivity index (χ0) is 23.2. The van der Waals surface area contributed by atoms with Crippen LogP contribution in [-0.4, -0.2) is 57.9 Å². The zero-order valence-corrected chi connectivity index (χ0v) is 19.6. The van der Waals surface area contributed by atoms with E-state index in [1.807, 2.05) is 19.1 Å². The van der Waals surface area contributed by atoms with Crippen LogP contribution in [0.5, 0.6) is 5.75 Å². The number of aromatic nitrogens is 3. The van der Waals surface area contributed by atoms with Crippen LogP contribution < -0.4 is 4.31 Å². The Bertz CT molecular complexity index is 1140. The van der Waals surface area contributed by atoms with Crippen molar-refractivity contribution >= 4 is 16.6 Å². The van der Waals surface area contributed by atoms with Crippen LogP contribution in [0.4, 0.5) is 5.82 Å². The number of aryl methyl sites for hydroxylation is 1. The van der Waals surface area contributed by atoms with Crippen molar-refractivity contribution in [3.05, 3.63) is 54.5 Å². The fourth-order valence-corrected chi connectivity index (χ4v) is 7.40. The van der Waals surface area contributed by atoms with Crippen LogP contribution in [0.2, 0.25) is 0 Å². The molecule has 33 heavy (non-hydrogen) atoms. The van der Waals surface area contributed by atoms with Gasteiger partial charge < -0.3 is 9.52 Å². The van der Waals surface area contributed by atoms with Crippen LogP contribution in [0, 0.1) is 6.92 Å². The second-order valence-corrected chi connectivity index (χ2v) is 11.1. The molecule has 2 fully saturated rings. The molecule has 9 nitrogen and oxygen atoms in total. The maximum atomic E-state index is 10.8. The van der Waals surface area contributed by atoms with Gasteiger partial charge in [-0.2, -0.15) is 0 Å². The molecule has 3 N–H and O–H groups in total. The number of phenols is 1. The van der Waals surface area contributed by atoms with Crippen molar-refractivity contribution in [3.63, 3.8) is 0 Å². The maximum Gasteiger partial charge on any atom is 0.181 e. The summed E-state index contributed by atoms with van der Waals surface area (Å²) in [4.78, 5) is 15.2. The van der Waals surface area contributed by atoms with Gasteiger partial charge in [0, 0.05) is 37.1 Å². The lowest BCUT2D eigenvalue weighted by atomic mass is 9.81. The molecule has 1 aromatic carbocycles. The molecule has 3 aromatic rings. The molecule has 0 unspecified atom stereocenters. The fraction of sp³-hybridized carbons (Fsp3) is 0.435. The SMILES string of the molecule is Cc1ocnc1-c1cc(CN2CC[C@]3(CCS(O)(O)N3c3cnccn3)C[C@@H]2C)ccc1O. The smallest absolute Gasteiger partial charge is 0.181 e. The Morgan fingerprint density at radius 3 is 2.76 bits per heavy atom. The molecule has 176 valence electrons. The number of rotatable bonds is 4. The average molecular weight is 472 g/mol. The van der Waals surface area contributed by atoms with Gasteiger partial charge >= 0.3 is 0 Å². The predicted octanol–water partition coefficient (Wildman–Crippen LogP) is 4.44. The van der Waals surface area contributed by atoms with Crippen molar-refractivity contribution < 1.29 is 18.6 Å². The van der Waals surface area contributed by atoms with Gasteiger partial charge in [-0.05, 0) is 50.8 Å². The van der Waals surface area contributed by atoms with E-state index in [1.54, 1.807) is 29.0 Å². The Labute approximate surface area is 194 Å². The van der Waals surface area contributed by atoms with Gasteiger partial charge in [0.05, 0.1) is 17.5 Å². The van der Waals surface area contributed by atoms with E-state index in [4.69, 9.17) is 4.42 Å². The van der Waals surface area contributed by atoms with Gasteiger partial charge in [-0.25, -0.2) is 14.3 Å². The molecule has 0 bridgehead atoms. The van der Waals surface area contributed by atoms with Crippen LogP contribution in [0.3, 0.4) is 0 Å². The van der Waals surface area contributed by atoms with Crippen molar-refractivity contribution in [2.75, 3.05) is 16.6 Å². The Morgan fingerprint density at radius 1 is 1.21 bits per heavy atom. The van der Waals surface area contributed by atoms with Crippen molar-refractivity contribution in [2.24, 2.45) is 0 Å². The Morgan fingerprint density at radius 2 is 2.06 bits per heavy atom. The molecule has 0 aliphatic carbocycles. The van der Waals surface area contributed by atoms with E-state index in [9.17, 15) is 14.2 Å². The van der Waals surface area contributed by atoms with Gasteiger partial charge in [0.25, 0.3) is 0 Å². The van der Waals surface area contributed by atoms with Crippen molar-refractivity contribution in [1.29, 1.82) is 0 Å². The first kappa shape index (κ1) is 22.1. The number of oxazole rings is 1. The molecule has 5 rings (SSSR count). The van der Waals surface area contributed by atoms with Crippen molar-refractivity contribution in [2.45, 2.75) is 51.2 Å². The van der Waals surface area contributed by atoms with Gasteiger partial charge in [-0.15, -0.1) is 10.8 Å². The summed E-state index contributed by atoms with van der Waals surface area (Å²) >= 11 is 0. The summed E-state index contributed by atoms with van der Waals surface area (Å²) in [7, 11) is -2.92. The summed E-state index contributed by atoms with van der Waals surface area (Å²) in [6.45, 7) is 5.55. The first-order chi connectivity index (χ1) is 15.8. The monoisotopic (exact) mass is 471 g/mol. The highest BCUT2D eigenvalue weighted by atomic mass is 32.3. The standard InChI is InChI=1S/C23H29N5O4S/c1-16-12-23(6-10-33(30,31)28(23)21-13-24-7-8-25-21)5-9-27(16)14-18-3-4-20(29)19(11-18)22-17(2)32-15-26-22/h3-4,7-8,11,13,15-16,29-31H,5-6,9-10,12,14H2,1-2H3/t16-,23-/m0/s1. The topological polar surface area (TPSA) is 119 Å². The molecule has 2 aliphatic rings. The number of anilines is 1. The molecule has 2 aliphatic heterocycles. The first-order valence-electron chi connectivity index (χ1n) is 11.1. The summed E-state index contributed by atoms with van der Waals surface area (Å²) < 4.78 is 28.7. The number of likely N-dealkylation sites (tertiary alicyclic amines) is 1. The Hall–Kier alpha value is -2.66. The minimum atomic E-state index is -2.92. The van der Waals surface area contributed by atoms with Gasteiger partial charge in [-0.1, -0.05) is 6.07 Å². The molecule has 10 heteroatoms. The lowest BCUT2D eigenvalue weighted by Gasteiger charge is -2.51. The number of nitrogens with zero attached hydrogens (tertiary/aromatic N) is 5. The van der Waals surface area contributed by atoms with Crippen LogP contribution in [0.25, 0.3) is 11.3 Å². The summed E-state index contributed by atoms with van der Waals surface area (Å²) in [6, 6.07) is 5.83. The highest BCUT2D eigenvalue weighted by Gasteiger charge is 2.53. The van der Waals surface area contributed by atoms with Gasteiger partial charge in [0.2, 0.25) is 0 Å². The third kappa shape index (κ3) is 3.97. The van der Waals surface area contributed by atoms with Gasteiger partial charge in [0.1, 0.15) is 17.2 Å². The zero-order valence-electron chi connectivity index (χ0n) is 18.8. The number of hydrogen-bond acceptors (Lipinski definition) is 9. The number of piperidine rings is 1. The minimum absolute atomic E-state index is 0.178. The Kier molecular flexibility index (Phi) is 5.56. The van der Waals surface area contributed by atoms with Gasteiger partial charge in [0.15, 0.2) is 12.2 Å². The van der Waals surface area contributed by atoms with Crippen molar-refractivity contribution in [3.8, 4) is 17.0 Å². The molecule has 0 saturated carbocycles. The molecule has 2 aromatic heterocycles. The number of aromatic hydroxyl groups is 1. The number of phenolic OH excluding ortho intramolecular Hbond substituents is 1. The van der Waals surface area contributed by atoms with Crippen LogP contribution in [0.1, 0.15) is 37.5 Å². The molecule has 1 spiro atoms.